The normalized spacial score (nSPS) is 19.2. The monoisotopic (exact) mass is 372 g/mol. The Labute approximate surface area is 165 Å². The van der Waals surface area contributed by atoms with Gasteiger partial charge in [-0.05, 0) is 42.2 Å². The predicted octanol–water partition coefficient (Wildman–Crippen LogP) is 4.08. The van der Waals surface area contributed by atoms with E-state index in [2.05, 4.69) is 6.07 Å². The van der Waals surface area contributed by atoms with Gasteiger partial charge in [-0.3, -0.25) is 9.59 Å². The summed E-state index contributed by atoms with van der Waals surface area (Å²) in [4.78, 5) is 29.0. The zero-order valence-electron chi connectivity index (χ0n) is 16.3. The lowest BCUT2D eigenvalue weighted by Crippen LogP contribution is -2.25. The molecule has 28 heavy (non-hydrogen) atoms. The van der Waals surface area contributed by atoms with Crippen LogP contribution in [0.2, 0.25) is 0 Å². The second-order valence-electron chi connectivity index (χ2n) is 7.32. The van der Waals surface area contributed by atoms with Crippen molar-refractivity contribution in [1.82, 2.24) is 9.80 Å². The lowest BCUT2D eigenvalue weighted by atomic mass is 10.1. The van der Waals surface area contributed by atoms with Crippen LogP contribution in [-0.4, -0.2) is 28.2 Å². The molecule has 0 atom stereocenters. The molecule has 1 saturated heterocycles. The number of carbonyl (C=O) groups is 2. The smallest absolute Gasteiger partial charge is 0.254 e. The number of allylic oxidation sites excluding steroid dienone is 2. The van der Waals surface area contributed by atoms with Crippen molar-refractivity contribution in [2.24, 2.45) is 0 Å². The quantitative estimate of drug-likeness (QED) is 0.759. The molecule has 142 valence electrons. The van der Waals surface area contributed by atoms with Gasteiger partial charge in [0.1, 0.15) is 0 Å². The number of fused-ring (bicyclic) bond motifs is 1. The number of nitrogens with zero attached hydrogens (tertiary/aromatic N) is 2. The fourth-order valence-electron chi connectivity index (χ4n) is 4.06. The lowest BCUT2D eigenvalue weighted by Gasteiger charge is -2.18. The molecule has 4 nitrogen and oxygen atoms in total. The minimum atomic E-state index is 0.0890. The number of amides is 2. The molecule has 2 heterocycles. The molecule has 2 aliphatic rings. The molecule has 2 amide bonds. The van der Waals surface area contributed by atoms with E-state index in [-0.39, 0.29) is 11.8 Å². The van der Waals surface area contributed by atoms with Gasteiger partial charge in [0.2, 0.25) is 0 Å². The van der Waals surface area contributed by atoms with Crippen molar-refractivity contribution in [3.05, 3.63) is 94.1 Å². The standard InChI is InChI=1S/C24H24N2O2/c1-3-19-15-25(23(27)21(19)4-2)13-17-8-7-9-18(12-17)14-26-16-20-10-5-6-11-22(20)24(26)28/h3-12H,13-16H2,1-2H3/b19-3-,21-4+. The van der Waals surface area contributed by atoms with Crippen LogP contribution in [0, 0.1) is 0 Å². The van der Waals surface area contributed by atoms with E-state index >= 15 is 0 Å². The average molecular weight is 372 g/mol. The highest BCUT2D eigenvalue weighted by atomic mass is 16.2. The van der Waals surface area contributed by atoms with Crippen molar-refractivity contribution in [3.63, 3.8) is 0 Å². The van der Waals surface area contributed by atoms with Gasteiger partial charge < -0.3 is 9.80 Å². The van der Waals surface area contributed by atoms with Crippen molar-refractivity contribution in [2.75, 3.05) is 6.54 Å². The van der Waals surface area contributed by atoms with Crippen LogP contribution in [0.1, 0.15) is 40.9 Å². The molecule has 0 aliphatic carbocycles. The molecule has 4 rings (SSSR count). The highest BCUT2D eigenvalue weighted by Gasteiger charge is 2.29. The van der Waals surface area contributed by atoms with Crippen molar-refractivity contribution >= 4 is 11.8 Å². The number of benzene rings is 2. The van der Waals surface area contributed by atoms with Crippen LogP contribution in [0.4, 0.5) is 0 Å². The van der Waals surface area contributed by atoms with Gasteiger partial charge in [0.05, 0.1) is 0 Å². The van der Waals surface area contributed by atoms with Gasteiger partial charge in [0, 0.05) is 37.3 Å². The molecule has 0 aromatic heterocycles. The first kappa shape index (κ1) is 18.2. The molecular formula is C24H24N2O2. The molecule has 2 aliphatic heterocycles. The van der Waals surface area contributed by atoms with Gasteiger partial charge >= 0.3 is 0 Å². The van der Waals surface area contributed by atoms with Gasteiger partial charge in [-0.15, -0.1) is 0 Å². The third-order valence-corrected chi connectivity index (χ3v) is 5.50. The fraction of sp³-hybridized carbons (Fsp3) is 0.250. The van der Waals surface area contributed by atoms with Crippen molar-refractivity contribution in [2.45, 2.75) is 33.5 Å². The summed E-state index contributed by atoms with van der Waals surface area (Å²) in [5.41, 5.74) is 5.96. The Morgan fingerprint density at radius 1 is 0.821 bits per heavy atom. The number of carbonyl (C=O) groups excluding carboxylic acids is 2. The fourth-order valence-corrected chi connectivity index (χ4v) is 4.06. The SMILES string of the molecule is C/C=C1/CN(Cc2cccc(CN3Cc4ccccc4C3=O)c2)C(=O)/C1=C/C. The third kappa shape index (κ3) is 3.26. The first-order valence-electron chi connectivity index (χ1n) is 9.67. The maximum atomic E-state index is 12.6. The molecule has 0 radical (unpaired) electrons. The Morgan fingerprint density at radius 2 is 1.50 bits per heavy atom. The number of hydrogen-bond donors (Lipinski definition) is 0. The van der Waals surface area contributed by atoms with E-state index in [1.54, 1.807) is 0 Å². The van der Waals surface area contributed by atoms with Crippen molar-refractivity contribution in [1.29, 1.82) is 0 Å². The van der Waals surface area contributed by atoms with Crippen molar-refractivity contribution < 1.29 is 9.59 Å². The van der Waals surface area contributed by atoms with E-state index in [1.807, 2.05) is 78.3 Å². The summed E-state index contributed by atoms with van der Waals surface area (Å²) in [6, 6.07) is 16.0. The van der Waals surface area contributed by atoms with Crippen LogP contribution in [0.3, 0.4) is 0 Å². The molecule has 4 heteroatoms. The van der Waals surface area contributed by atoms with Gasteiger partial charge in [-0.2, -0.15) is 0 Å². The summed E-state index contributed by atoms with van der Waals surface area (Å²) in [5.74, 6) is 0.178. The second-order valence-corrected chi connectivity index (χ2v) is 7.32. The molecule has 0 N–H and O–H groups in total. The second kappa shape index (κ2) is 7.47. The number of likely N-dealkylation sites (tertiary alicyclic amines) is 1. The molecule has 0 unspecified atom stereocenters. The molecule has 0 bridgehead atoms. The Hall–Kier alpha value is -3.14. The van der Waals surface area contributed by atoms with Gasteiger partial charge in [-0.25, -0.2) is 0 Å². The zero-order chi connectivity index (χ0) is 19.7. The van der Waals surface area contributed by atoms with Crippen LogP contribution >= 0.6 is 0 Å². The van der Waals surface area contributed by atoms with Crippen LogP contribution in [0.25, 0.3) is 0 Å². The van der Waals surface area contributed by atoms with Crippen LogP contribution in [0.15, 0.2) is 71.8 Å². The summed E-state index contributed by atoms with van der Waals surface area (Å²) in [6.45, 7) is 6.34. The molecule has 0 saturated carbocycles. The Bertz CT molecular complexity index is 1000. The highest BCUT2D eigenvalue weighted by Crippen LogP contribution is 2.26. The molecule has 2 aromatic rings. The van der Waals surface area contributed by atoms with E-state index in [1.165, 1.54) is 0 Å². The predicted molar refractivity (Wildman–Crippen MR) is 109 cm³/mol. The summed E-state index contributed by atoms with van der Waals surface area (Å²) in [7, 11) is 0. The average Bonchev–Trinajstić information content (AvgIpc) is 3.19. The van der Waals surface area contributed by atoms with E-state index in [0.717, 1.165) is 33.4 Å². The summed E-state index contributed by atoms with van der Waals surface area (Å²) >= 11 is 0. The van der Waals surface area contributed by atoms with E-state index in [9.17, 15) is 9.59 Å². The minimum absolute atomic E-state index is 0.0890. The van der Waals surface area contributed by atoms with E-state index in [4.69, 9.17) is 0 Å². The largest absolute Gasteiger partial charge is 0.330 e. The Kier molecular flexibility index (Phi) is 4.86. The molecule has 0 spiro atoms. The van der Waals surface area contributed by atoms with Gasteiger partial charge in [-0.1, -0.05) is 54.6 Å². The first-order valence-corrected chi connectivity index (χ1v) is 9.67. The van der Waals surface area contributed by atoms with Crippen molar-refractivity contribution in [3.8, 4) is 0 Å². The molecular weight excluding hydrogens is 348 g/mol. The minimum Gasteiger partial charge on any atom is -0.330 e. The zero-order valence-corrected chi connectivity index (χ0v) is 16.3. The Balaban J connectivity index is 1.48. The maximum Gasteiger partial charge on any atom is 0.254 e. The van der Waals surface area contributed by atoms with E-state index < -0.39 is 0 Å². The number of rotatable bonds is 4. The maximum absolute atomic E-state index is 12.6. The summed E-state index contributed by atoms with van der Waals surface area (Å²) in [6.07, 6.45) is 3.91. The van der Waals surface area contributed by atoms with Crippen LogP contribution < -0.4 is 0 Å². The van der Waals surface area contributed by atoms with E-state index in [0.29, 0.717) is 26.2 Å². The third-order valence-electron chi connectivity index (χ3n) is 5.50. The van der Waals surface area contributed by atoms with Crippen LogP contribution in [-0.2, 0) is 24.4 Å². The van der Waals surface area contributed by atoms with Gasteiger partial charge in [0.25, 0.3) is 11.8 Å². The highest BCUT2D eigenvalue weighted by molar-refractivity contribution is 6.01. The summed E-state index contributed by atoms with van der Waals surface area (Å²) in [5, 5.41) is 0. The lowest BCUT2D eigenvalue weighted by molar-refractivity contribution is -0.125. The molecule has 1 fully saturated rings. The summed E-state index contributed by atoms with van der Waals surface area (Å²) < 4.78 is 0. The first-order chi connectivity index (χ1) is 13.6. The molecule has 2 aromatic carbocycles. The van der Waals surface area contributed by atoms with Crippen LogP contribution in [0.5, 0.6) is 0 Å². The topological polar surface area (TPSA) is 40.6 Å². The Morgan fingerprint density at radius 3 is 2.11 bits per heavy atom. The van der Waals surface area contributed by atoms with Gasteiger partial charge in [0.15, 0.2) is 0 Å². The number of hydrogen-bond acceptors (Lipinski definition) is 2.